The SMILES string of the molecule is Nc1ccc2c(c1)C(CC1CCCOC1)NCC2. The number of nitrogens with two attached hydrogens (primary N) is 1. The number of rotatable bonds is 2. The zero-order chi connectivity index (χ0) is 12.4. The molecule has 2 heterocycles. The van der Waals surface area contributed by atoms with E-state index in [1.54, 1.807) is 0 Å². The van der Waals surface area contributed by atoms with Gasteiger partial charge in [0.05, 0.1) is 0 Å². The Hall–Kier alpha value is -1.06. The Morgan fingerprint density at radius 3 is 3.17 bits per heavy atom. The van der Waals surface area contributed by atoms with Crippen LogP contribution in [-0.2, 0) is 11.2 Å². The first-order valence-electron chi connectivity index (χ1n) is 7.02. The van der Waals surface area contributed by atoms with Gasteiger partial charge in [0.15, 0.2) is 0 Å². The monoisotopic (exact) mass is 246 g/mol. The predicted octanol–water partition coefficient (Wildman–Crippen LogP) is 2.27. The van der Waals surface area contributed by atoms with Gasteiger partial charge in [0, 0.05) is 24.9 Å². The molecule has 3 rings (SSSR count). The van der Waals surface area contributed by atoms with Crippen molar-refractivity contribution in [3.8, 4) is 0 Å². The van der Waals surface area contributed by atoms with Gasteiger partial charge in [-0.15, -0.1) is 0 Å². The number of nitrogen functional groups attached to an aromatic ring is 1. The highest BCUT2D eigenvalue weighted by Crippen LogP contribution is 2.32. The Labute approximate surface area is 109 Å². The summed E-state index contributed by atoms with van der Waals surface area (Å²) in [5, 5.41) is 3.64. The van der Waals surface area contributed by atoms with Gasteiger partial charge in [0.25, 0.3) is 0 Å². The lowest BCUT2D eigenvalue weighted by molar-refractivity contribution is 0.0472. The molecule has 0 radical (unpaired) electrons. The fraction of sp³-hybridized carbons (Fsp3) is 0.600. The van der Waals surface area contributed by atoms with Gasteiger partial charge in [-0.3, -0.25) is 0 Å². The van der Waals surface area contributed by atoms with Gasteiger partial charge >= 0.3 is 0 Å². The molecular formula is C15H22N2O. The molecule has 0 amide bonds. The van der Waals surface area contributed by atoms with E-state index in [2.05, 4.69) is 17.4 Å². The first-order chi connectivity index (χ1) is 8.83. The average Bonchev–Trinajstić information content (AvgIpc) is 2.41. The molecule has 1 aromatic rings. The van der Waals surface area contributed by atoms with Gasteiger partial charge in [-0.1, -0.05) is 6.07 Å². The Balaban J connectivity index is 1.75. The van der Waals surface area contributed by atoms with Crippen LogP contribution in [0.4, 0.5) is 5.69 Å². The summed E-state index contributed by atoms with van der Waals surface area (Å²) in [7, 11) is 0. The Bertz CT molecular complexity index is 413. The highest BCUT2D eigenvalue weighted by molar-refractivity contribution is 5.47. The minimum atomic E-state index is 0.462. The summed E-state index contributed by atoms with van der Waals surface area (Å²) in [6.07, 6.45) is 4.81. The second-order valence-corrected chi connectivity index (χ2v) is 5.53. The number of benzene rings is 1. The number of hydrogen-bond acceptors (Lipinski definition) is 3. The maximum atomic E-state index is 5.92. The van der Waals surface area contributed by atoms with Crippen molar-refractivity contribution in [1.29, 1.82) is 0 Å². The molecule has 2 aliphatic heterocycles. The largest absolute Gasteiger partial charge is 0.399 e. The summed E-state index contributed by atoms with van der Waals surface area (Å²) in [4.78, 5) is 0. The van der Waals surface area contributed by atoms with E-state index in [-0.39, 0.29) is 0 Å². The molecule has 1 saturated heterocycles. The quantitative estimate of drug-likeness (QED) is 0.787. The molecule has 0 spiro atoms. The van der Waals surface area contributed by atoms with Crippen LogP contribution in [0.3, 0.4) is 0 Å². The fourth-order valence-electron chi connectivity index (χ4n) is 3.19. The van der Waals surface area contributed by atoms with Crippen molar-refractivity contribution in [2.24, 2.45) is 5.92 Å². The van der Waals surface area contributed by atoms with Crippen LogP contribution in [0.25, 0.3) is 0 Å². The third-order valence-electron chi connectivity index (χ3n) is 4.15. The summed E-state index contributed by atoms with van der Waals surface area (Å²) >= 11 is 0. The van der Waals surface area contributed by atoms with E-state index in [1.165, 1.54) is 30.4 Å². The lowest BCUT2D eigenvalue weighted by Gasteiger charge is -2.31. The number of hydrogen-bond donors (Lipinski definition) is 2. The Kier molecular flexibility index (Phi) is 3.52. The second-order valence-electron chi connectivity index (χ2n) is 5.53. The molecule has 0 aliphatic carbocycles. The van der Waals surface area contributed by atoms with Crippen LogP contribution in [0.2, 0.25) is 0 Å². The molecule has 3 N–H and O–H groups in total. The Morgan fingerprint density at radius 1 is 1.39 bits per heavy atom. The van der Waals surface area contributed by atoms with E-state index in [0.717, 1.165) is 31.9 Å². The van der Waals surface area contributed by atoms with Gasteiger partial charge in [0.1, 0.15) is 0 Å². The number of fused-ring (bicyclic) bond motifs is 1. The van der Waals surface area contributed by atoms with Crippen molar-refractivity contribution >= 4 is 5.69 Å². The van der Waals surface area contributed by atoms with Gasteiger partial charge < -0.3 is 15.8 Å². The molecule has 0 bridgehead atoms. The van der Waals surface area contributed by atoms with Crippen molar-refractivity contribution in [2.45, 2.75) is 31.7 Å². The molecule has 2 unspecified atom stereocenters. The van der Waals surface area contributed by atoms with Crippen molar-refractivity contribution in [2.75, 3.05) is 25.5 Å². The van der Waals surface area contributed by atoms with Gasteiger partial charge in [-0.2, -0.15) is 0 Å². The minimum absolute atomic E-state index is 0.462. The zero-order valence-electron chi connectivity index (χ0n) is 10.8. The lowest BCUT2D eigenvalue weighted by atomic mass is 9.86. The van der Waals surface area contributed by atoms with E-state index >= 15 is 0 Å². The molecule has 1 aromatic carbocycles. The summed E-state index contributed by atoms with van der Waals surface area (Å²) in [6.45, 7) is 2.95. The number of nitrogens with one attached hydrogen (secondary N) is 1. The van der Waals surface area contributed by atoms with Crippen molar-refractivity contribution < 1.29 is 4.74 Å². The Morgan fingerprint density at radius 2 is 2.33 bits per heavy atom. The van der Waals surface area contributed by atoms with Crippen LogP contribution in [0.5, 0.6) is 0 Å². The van der Waals surface area contributed by atoms with Crippen LogP contribution in [0, 0.1) is 5.92 Å². The van der Waals surface area contributed by atoms with Crippen LogP contribution >= 0.6 is 0 Å². The van der Waals surface area contributed by atoms with Gasteiger partial charge in [0.2, 0.25) is 0 Å². The van der Waals surface area contributed by atoms with Gasteiger partial charge in [-0.25, -0.2) is 0 Å². The van der Waals surface area contributed by atoms with Crippen molar-refractivity contribution in [3.05, 3.63) is 29.3 Å². The van der Waals surface area contributed by atoms with Crippen molar-refractivity contribution in [3.63, 3.8) is 0 Å². The molecule has 2 atom stereocenters. The van der Waals surface area contributed by atoms with E-state index in [9.17, 15) is 0 Å². The van der Waals surface area contributed by atoms with E-state index in [4.69, 9.17) is 10.5 Å². The minimum Gasteiger partial charge on any atom is -0.399 e. The summed E-state index contributed by atoms with van der Waals surface area (Å²) in [6, 6.07) is 6.82. The molecule has 2 aliphatic rings. The third-order valence-corrected chi connectivity index (χ3v) is 4.15. The topological polar surface area (TPSA) is 47.3 Å². The summed E-state index contributed by atoms with van der Waals surface area (Å²) in [5.41, 5.74) is 9.67. The molecule has 1 fully saturated rings. The van der Waals surface area contributed by atoms with Gasteiger partial charge in [-0.05, 0) is 61.4 Å². The molecule has 18 heavy (non-hydrogen) atoms. The molecule has 3 heteroatoms. The first kappa shape index (κ1) is 12.0. The average molecular weight is 246 g/mol. The highest BCUT2D eigenvalue weighted by Gasteiger charge is 2.24. The number of anilines is 1. The molecule has 0 aromatic heterocycles. The zero-order valence-corrected chi connectivity index (χ0v) is 10.8. The van der Waals surface area contributed by atoms with Crippen molar-refractivity contribution in [1.82, 2.24) is 5.32 Å². The van der Waals surface area contributed by atoms with E-state index < -0.39 is 0 Å². The maximum Gasteiger partial charge on any atom is 0.0494 e. The van der Waals surface area contributed by atoms with Crippen LogP contribution in [-0.4, -0.2) is 19.8 Å². The normalized spacial score (nSPS) is 27.8. The summed E-state index contributed by atoms with van der Waals surface area (Å²) < 4.78 is 5.58. The summed E-state index contributed by atoms with van der Waals surface area (Å²) in [5.74, 6) is 0.698. The van der Waals surface area contributed by atoms with E-state index in [1.807, 2.05) is 6.07 Å². The maximum absolute atomic E-state index is 5.92. The van der Waals surface area contributed by atoms with E-state index in [0.29, 0.717) is 12.0 Å². The molecular weight excluding hydrogens is 224 g/mol. The predicted molar refractivity (Wildman–Crippen MR) is 73.5 cm³/mol. The standard InChI is InChI=1S/C15H22N2O/c16-13-4-3-12-5-6-17-15(14(12)9-13)8-11-2-1-7-18-10-11/h3-4,9,11,15,17H,1-2,5-8,10,16H2. The second kappa shape index (κ2) is 5.29. The molecule has 3 nitrogen and oxygen atoms in total. The highest BCUT2D eigenvalue weighted by atomic mass is 16.5. The lowest BCUT2D eigenvalue weighted by Crippen LogP contribution is -2.33. The first-order valence-corrected chi connectivity index (χ1v) is 7.02. The van der Waals surface area contributed by atoms with Crippen LogP contribution in [0.1, 0.15) is 36.4 Å². The fourth-order valence-corrected chi connectivity index (χ4v) is 3.19. The van der Waals surface area contributed by atoms with Crippen LogP contribution in [0.15, 0.2) is 18.2 Å². The third kappa shape index (κ3) is 2.52. The smallest absolute Gasteiger partial charge is 0.0494 e. The molecule has 98 valence electrons. The van der Waals surface area contributed by atoms with Crippen LogP contribution < -0.4 is 11.1 Å². The number of ether oxygens (including phenoxy) is 1. The molecule has 0 saturated carbocycles.